The second kappa shape index (κ2) is 7.22. The Kier molecular flexibility index (Phi) is 6.28. The van der Waals surface area contributed by atoms with Crippen molar-refractivity contribution in [3.63, 3.8) is 0 Å². The number of hydrogen-bond donors (Lipinski definition) is 1. The van der Waals surface area contributed by atoms with Crippen LogP contribution in [0.1, 0.15) is 12.0 Å². The van der Waals surface area contributed by atoms with Gasteiger partial charge in [0, 0.05) is 6.04 Å². The minimum atomic E-state index is 0.424. The molecule has 1 unspecified atom stereocenters. The molecular weight excluding hydrogens is 255 g/mol. The highest BCUT2D eigenvalue weighted by atomic mass is 35.5. The molecule has 1 N–H and O–H groups in total. The lowest BCUT2D eigenvalue weighted by Gasteiger charge is -2.19. The van der Waals surface area contributed by atoms with Crippen LogP contribution in [0, 0.1) is 0 Å². The molecule has 2 nitrogen and oxygen atoms in total. The largest absolute Gasteiger partial charge is 0.317 e. The third kappa shape index (κ3) is 4.84. The molecule has 1 aromatic rings. The summed E-state index contributed by atoms with van der Waals surface area (Å²) in [7, 11) is 6.15. The molecule has 4 heteroatoms. The summed E-state index contributed by atoms with van der Waals surface area (Å²) < 4.78 is 0. The van der Waals surface area contributed by atoms with Crippen LogP contribution in [0.5, 0.6) is 0 Å². The molecule has 1 aromatic carbocycles. The van der Waals surface area contributed by atoms with E-state index in [9.17, 15) is 0 Å². The van der Waals surface area contributed by atoms with E-state index in [1.807, 2.05) is 25.2 Å². The quantitative estimate of drug-likeness (QED) is 0.858. The van der Waals surface area contributed by atoms with Gasteiger partial charge < -0.3 is 10.2 Å². The van der Waals surface area contributed by atoms with Gasteiger partial charge in [0.25, 0.3) is 0 Å². The Morgan fingerprint density at radius 1 is 1.29 bits per heavy atom. The van der Waals surface area contributed by atoms with Gasteiger partial charge in [-0.25, -0.2) is 0 Å². The highest BCUT2D eigenvalue weighted by molar-refractivity contribution is 6.42. The number of likely N-dealkylation sites (N-methyl/N-ethyl adjacent to an activating group) is 1. The second-order valence-electron chi connectivity index (χ2n) is 4.49. The van der Waals surface area contributed by atoms with Crippen LogP contribution < -0.4 is 5.32 Å². The fraction of sp³-hybridized carbons (Fsp3) is 0.538. The van der Waals surface area contributed by atoms with Crippen molar-refractivity contribution in [2.75, 3.05) is 27.7 Å². The van der Waals surface area contributed by atoms with Crippen molar-refractivity contribution < 1.29 is 0 Å². The molecule has 0 radical (unpaired) electrons. The Morgan fingerprint density at radius 3 is 2.59 bits per heavy atom. The van der Waals surface area contributed by atoms with Gasteiger partial charge in [0.1, 0.15) is 0 Å². The minimum absolute atomic E-state index is 0.424. The van der Waals surface area contributed by atoms with Crippen molar-refractivity contribution in [1.29, 1.82) is 0 Å². The zero-order valence-electron chi connectivity index (χ0n) is 10.6. The smallest absolute Gasteiger partial charge is 0.0624 e. The molecule has 17 heavy (non-hydrogen) atoms. The number of benzene rings is 1. The van der Waals surface area contributed by atoms with Crippen molar-refractivity contribution >= 4 is 23.2 Å². The normalized spacial score (nSPS) is 13.1. The number of rotatable bonds is 6. The molecule has 0 aromatic heterocycles. The summed E-state index contributed by atoms with van der Waals surface area (Å²) in [5.74, 6) is 0. The van der Waals surface area contributed by atoms with Gasteiger partial charge in [-0.2, -0.15) is 0 Å². The number of nitrogens with one attached hydrogen (secondary N) is 1. The van der Waals surface area contributed by atoms with E-state index in [0.29, 0.717) is 16.1 Å². The van der Waals surface area contributed by atoms with E-state index in [0.717, 1.165) is 24.9 Å². The van der Waals surface area contributed by atoms with Gasteiger partial charge in [0.15, 0.2) is 0 Å². The number of hydrogen-bond acceptors (Lipinski definition) is 2. The Hall–Kier alpha value is -0.280. The minimum Gasteiger partial charge on any atom is -0.317 e. The molecule has 0 amide bonds. The number of nitrogens with zero attached hydrogens (tertiary/aromatic N) is 1. The summed E-state index contributed by atoms with van der Waals surface area (Å²) in [5.41, 5.74) is 1.11. The zero-order valence-corrected chi connectivity index (χ0v) is 12.1. The predicted molar refractivity (Wildman–Crippen MR) is 76.2 cm³/mol. The van der Waals surface area contributed by atoms with Crippen LogP contribution >= 0.6 is 23.2 Å². The van der Waals surface area contributed by atoms with Crippen LogP contribution in [0.2, 0.25) is 10.0 Å². The molecular formula is C13H20Cl2N2. The predicted octanol–water partition coefficient (Wildman–Crippen LogP) is 3.08. The Balaban J connectivity index is 2.64. The summed E-state index contributed by atoms with van der Waals surface area (Å²) >= 11 is 12.2. The van der Waals surface area contributed by atoms with Gasteiger partial charge in [-0.15, -0.1) is 0 Å². The first kappa shape index (κ1) is 14.8. The highest BCUT2D eigenvalue weighted by Crippen LogP contribution is 2.26. The van der Waals surface area contributed by atoms with Crippen molar-refractivity contribution in [3.8, 4) is 0 Å². The maximum absolute atomic E-state index is 6.19. The van der Waals surface area contributed by atoms with Crippen LogP contribution in [0.3, 0.4) is 0 Å². The topological polar surface area (TPSA) is 15.3 Å². The summed E-state index contributed by atoms with van der Waals surface area (Å²) in [6, 6.07) is 6.23. The van der Waals surface area contributed by atoms with Crippen LogP contribution in [0.25, 0.3) is 0 Å². The van der Waals surface area contributed by atoms with Crippen molar-refractivity contribution in [2.45, 2.75) is 18.9 Å². The molecule has 0 aliphatic carbocycles. The lowest BCUT2D eigenvalue weighted by atomic mass is 10.0. The fourth-order valence-corrected chi connectivity index (χ4v) is 2.13. The molecule has 0 saturated carbocycles. The Morgan fingerprint density at radius 2 is 2.00 bits per heavy atom. The van der Waals surface area contributed by atoms with Gasteiger partial charge in [-0.3, -0.25) is 0 Å². The molecule has 0 aliphatic heterocycles. The van der Waals surface area contributed by atoms with E-state index in [-0.39, 0.29) is 0 Å². The average molecular weight is 275 g/mol. The molecule has 1 atom stereocenters. The highest BCUT2D eigenvalue weighted by Gasteiger charge is 2.11. The van der Waals surface area contributed by atoms with E-state index in [4.69, 9.17) is 23.2 Å². The average Bonchev–Trinajstić information content (AvgIpc) is 2.29. The summed E-state index contributed by atoms with van der Waals surface area (Å²) in [5, 5.41) is 4.64. The molecule has 0 saturated heterocycles. The number of halogens is 2. The maximum atomic E-state index is 6.19. The van der Waals surface area contributed by atoms with Crippen LogP contribution in [-0.2, 0) is 6.42 Å². The lowest BCUT2D eigenvalue weighted by Crippen LogP contribution is -2.31. The van der Waals surface area contributed by atoms with Gasteiger partial charge in [0.2, 0.25) is 0 Å². The summed E-state index contributed by atoms with van der Waals surface area (Å²) in [6.07, 6.45) is 2.00. The van der Waals surface area contributed by atoms with Crippen LogP contribution in [0.15, 0.2) is 18.2 Å². The summed E-state index contributed by atoms with van der Waals surface area (Å²) in [6.45, 7) is 1.06. The lowest BCUT2D eigenvalue weighted by molar-refractivity contribution is 0.364. The van der Waals surface area contributed by atoms with Crippen molar-refractivity contribution in [2.24, 2.45) is 0 Å². The van der Waals surface area contributed by atoms with Crippen molar-refractivity contribution in [3.05, 3.63) is 33.8 Å². The molecule has 0 spiro atoms. The Labute approximate surface area is 114 Å². The first-order valence-corrected chi connectivity index (χ1v) is 6.55. The second-order valence-corrected chi connectivity index (χ2v) is 5.28. The third-order valence-electron chi connectivity index (χ3n) is 2.83. The van der Waals surface area contributed by atoms with Gasteiger partial charge in [0.05, 0.1) is 10.0 Å². The van der Waals surface area contributed by atoms with E-state index < -0.39 is 0 Å². The standard InChI is InChI=1S/C13H20Cl2N2/c1-16-11(7-8-17(2)3)9-10-5-4-6-12(14)13(10)15/h4-6,11,16H,7-9H2,1-3H3. The third-order valence-corrected chi connectivity index (χ3v) is 3.69. The van der Waals surface area contributed by atoms with Crippen molar-refractivity contribution in [1.82, 2.24) is 10.2 Å². The van der Waals surface area contributed by atoms with Gasteiger partial charge in [-0.1, -0.05) is 35.3 Å². The molecule has 96 valence electrons. The van der Waals surface area contributed by atoms with E-state index >= 15 is 0 Å². The summed E-state index contributed by atoms with van der Waals surface area (Å²) in [4.78, 5) is 2.18. The molecule has 1 rings (SSSR count). The Bertz CT molecular complexity index is 353. The monoisotopic (exact) mass is 274 g/mol. The molecule has 0 bridgehead atoms. The first-order chi connectivity index (χ1) is 8.04. The van der Waals surface area contributed by atoms with E-state index in [1.54, 1.807) is 0 Å². The van der Waals surface area contributed by atoms with Gasteiger partial charge >= 0.3 is 0 Å². The van der Waals surface area contributed by atoms with E-state index in [1.165, 1.54) is 0 Å². The van der Waals surface area contributed by atoms with Crippen LogP contribution in [-0.4, -0.2) is 38.6 Å². The molecule has 0 aliphatic rings. The van der Waals surface area contributed by atoms with Gasteiger partial charge in [-0.05, 0) is 52.2 Å². The zero-order chi connectivity index (χ0) is 12.8. The SMILES string of the molecule is CNC(CCN(C)C)Cc1cccc(Cl)c1Cl. The molecule has 0 fully saturated rings. The van der Waals surface area contributed by atoms with E-state index in [2.05, 4.69) is 24.3 Å². The van der Waals surface area contributed by atoms with Crippen LogP contribution in [0.4, 0.5) is 0 Å². The first-order valence-electron chi connectivity index (χ1n) is 5.79. The maximum Gasteiger partial charge on any atom is 0.0624 e. The molecule has 0 heterocycles. The fourth-order valence-electron chi connectivity index (χ4n) is 1.73.